The van der Waals surface area contributed by atoms with E-state index >= 15 is 0 Å². The Labute approximate surface area is 105 Å². The smallest absolute Gasteiger partial charge is 0.0198 e. The van der Waals surface area contributed by atoms with E-state index in [0.29, 0.717) is 0 Å². The molecule has 0 saturated heterocycles. The molecule has 2 rings (SSSR count). The Balaban J connectivity index is 1.84. The van der Waals surface area contributed by atoms with Crippen LogP contribution in [0.15, 0.2) is 0 Å². The Morgan fingerprint density at radius 2 is 1.81 bits per heavy atom. The summed E-state index contributed by atoms with van der Waals surface area (Å²) in [6.45, 7) is 4.85. The average Bonchev–Trinajstić information content (AvgIpc) is 2.69. The van der Waals surface area contributed by atoms with E-state index in [1.54, 1.807) is 0 Å². The summed E-state index contributed by atoms with van der Waals surface area (Å²) < 4.78 is 0. The van der Waals surface area contributed by atoms with Gasteiger partial charge in [0.05, 0.1) is 0 Å². The van der Waals surface area contributed by atoms with Gasteiger partial charge in [0.25, 0.3) is 0 Å². The zero-order valence-electron chi connectivity index (χ0n) is 11.0. The van der Waals surface area contributed by atoms with Crippen LogP contribution in [0.5, 0.6) is 0 Å². The molecule has 0 bridgehead atoms. The minimum absolute atomic E-state index is 0.800. The zero-order valence-corrected chi connectivity index (χ0v) is 11.9. The molecule has 0 aromatic rings. The maximum absolute atomic E-state index is 3.97. The van der Waals surface area contributed by atoms with Gasteiger partial charge in [-0.2, -0.15) is 11.8 Å². The predicted molar refractivity (Wildman–Crippen MR) is 74.0 cm³/mol. The van der Waals surface area contributed by atoms with Gasteiger partial charge in [0.1, 0.15) is 0 Å². The fourth-order valence-electron chi connectivity index (χ4n) is 3.59. The van der Waals surface area contributed by atoms with Gasteiger partial charge in [-0.1, -0.05) is 20.3 Å². The molecule has 2 fully saturated rings. The van der Waals surface area contributed by atoms with Crippen LogP contribution in [-0.4, -0.2) is 23.6 Å². The van der Waals surface area contributed by atoms with E-state index in [2.05, 4.69) is 37.2 Å². The first kappa shape index (κ1) is 12.8. The Hall–Kier alpha value is 0.310. The number of thioether (sulfide) groups is 1. The number of rotatable bonds is 3. The molecule has 0 aromatic carbocycles. The van der Waals surface area contributed by atoms with Crippen LogP contribution in [0, 0.1) is 11.8 Å². The molecule has 5 unspecified atom stereocenters. The van der Waals surface area contributed by atoms with Crippen LogP contribution in [0.25, 0.3) is 0 Å². The third-order valence-electron chi connectivity index (χ3n) is 4.61. The van der Waals surface area contributed by atoms with Gasteiger partial charge in [0.2, 0.25) is 0 Å². The van der Waals surface area contributed by atoms with Gasteiger partial charge < -0.3 is 5.32 Å². The molecule has 0 spiro atoms. The molecule has 0 aliphatic heterocycles. The third-order valence-corrected chi connectivity index (χ3v) is 5.78. The summed E-state index contributed by atoms with van der Waals surface area (Å²) in [4.78, 5) is 0. The molecule has 2 aliphatic rings. The highest BCUT2D eigenvalue weighted by molar-refractivity contribution is 7.99. The summed E-state index contributed by atoms with van der Waals surface area (Å²) in [6, 6.07) is 1.60. The van der Waals surface area contributed by atoms with Gasteiger partial charge in [0, 0.05) is 17.3 Å². The normalized spacial score (nSPS) is 44.8. The van der Waals surface area contributed by atoms with Crippen LogP contribution >= 0.6 is 11.8 Å². The van der Waals surface area contributed by atoms with E-state index in [9.17, 15) is 0 Å². The maximum atomic E-state index is 3.97. The maximum Gasteiger partial charge on any atom is 0.0198 e. The van der Waals surface area contributed by atoms with Crippen LogP contribution in [-0.2, 0) is 0 Å². The molecule has 2 heteroatoms. The van der Waals surface area contributed by atoms with Crippen LogP contribution in [0.1, 0.15) is 52.4 Å². The van der Waals surface area contributed by atoms with Crippen molar-refractivity contribution in [2.24, 2.45) is 11.8 Å². The van der Waals surface area contributed by atoms with Crippen molar-refractivity contribution in [3.63, 3.8) is 0 Å². The van der Waals surface area contributed by atoms with Crippen LogP contribution in [0.4, 0.5) is 0 Å². The molecular formula is C14H27NS. The lowest BCUT2D eigenvalue weighted by atomic mass is 9.79. The van der Waals surface area contributed by atoms with E-state index in [4.69, 9.17) is 0 Å². The molecule has 0 radical (unpaired) electrons. The van der Waals surface area contributed by atoms with Gasteiger partial charge >= 0.3 is 0 Å². The summed E-state index contributed by atoms with van der Waals surface area (Å²) in [5.41, 5.74) is 0. The van der Waals surface area contributed by atoms with Gasteiger partial charge in [-0.25, -0.2) is 0 Å². The summed E-state index contributed by atoms with van der Waals surface area (Å²) in [7, 11) is 0. The lowest BCUT2D eigenvalue weighted by Gasteiger charge is -2.36. The molecule has 0 aromatic heterocycles. The van der Waals surface area contributed by atoms with E-state index in [-0.39, 0.29) is 0 Å². The second kappa shape index (κ2) is 5.77. The first-order valence-electron chi connectivity index (χ1n) is 6.99. The molecular weight excluding hydrogens is 214 g/mol. The topological polar surface area (TPSA) is 12.0 Å². The van der Waals surface area contributed by atoms with E-state index < -0.39 is 0 Å². The van der Waals surface area contributed by atoms with E-state index in [1.165, 1.54) is 38.5 Å². The van der Waals surface area contributed by atoms with Crippen molar-refractivity contribution in [2.75, 3.05) is 6.26 Å². The second-order valence-corrected chi connectivity index (χ2v) is 7.06. The Morgan fingerprint density at radius 3 is 2.50 bits per heavy atom. The molecule has 2 saturated carbocycles. The van der Waals surface area contributed by atoms with Crippen molar-refractivity contribution in [2.45, 2.75) is 69.7 Å². The zero-order chi connectivity index (χ0) is 11.5. The first-order chi connectivity index (χ1) is 7.70. The van der Waals surface area contributed by atoms with Crippen molar-refractivity contribution in [3.8, 4) is 0 Å². The largest absolute Gasteiger partial charge is 0.310 e. The fourth-order valence-corrected chi connectivity index (χ4v) is 4.53. The highest BCUT2D eigenvalue weighted by atomic mass is 32.2. The number of hydrogen-bond acceptors (Lipinski definition) is 2. The molecule has 0 amide bonds. The van der Waals surface area contributed by atoms with Gasteiger partial charge in [-0.05, 0) is 50.2 Å². The highest BCUT2D eigenvalue weighted by Gasteiger charge is 2.32. The molecule has 16 heavy (non-hydrogen) atoms. The monoisotopic (exact) mass is 241 g/mol. The van der Waals surface area contributed by atoms with E-state index in [1.807, 2.05) is 0 Å². The van der Waals surface area contributed by atoms with Crippen molar-refractivity contribution in [3.05, 3.63) is 0 Å². The van der Waals surface area contributed by atoms with Crippen molar-refractivity contribution in [1.29, 1.82) is 0 Å². The Kier molecular flexibility index (Phi) is 4.60. The third kappa shape index (κ3) is 2.95. The lowest BCUT2D eigenvalue weighted by molar-refractivity contribution is 0.214. The summed E-state index contributed by atoms with van der Waals surface area (Å²) in [5.74, 6) is 1.83. The van der Waals surface area contributed by atoms with Crippen molar-refractivity contribution in [1.82, 2.24) is 5.32 Å². The van der Waals surface area contributed by atoms with Gasteiger partial charge in [0.15, 0.2) is 0 Å². The SMILES string of the molecule is CSC1CCCC1NC1CCC(C)CC1C. The Bertz CT molecular complexity index is 219. The fraction of sp³-hybridized carbons (Fsp3) is 1.00. The van der Waals surface area contributed by atoms with Crippen LogP contribution in [0.3, 0.4) is 0 Å². The first-order valence-corrected chi connectivity index (χ1v) is 8.28. The summed E-state index contributed by atoms with van der Waals surface area (Å²) in [6.07, 6.45) is 10.8. The quantitative estimate of drug-likeness (QED) is 0.809. The average molecular weight is 241 g/mol. The van der Waals surface area contributed by atoms with Crippen LogP contribution < -0.4 is 5.32 Å². The highest BCUT2D eigenvalue weighted by Crippen LogP contribution is 2.33. The molecule has 1 N–H and O–H groups in total. The summed E-state index contributed by atoms with van der Waals surface area (Å²) >= 11 is 2.07. The van der Waals surface area contributed by atoms with Gasteiger partial charge in [-0.3, -0.25) is 0 Å². The van der Waals surface area contributed by atoms with Crippen LogP contribution in [0.2, 0.25) is 0 Å². The molecule has 5 atom stereocenters. The van der Waals surface area contributed by atoms with E-state index in [0.717, 1.165) is 29.2 Å². The molecule has 1 nitrogen and oxygen atoms in total. The van der Waals surface area contributed by atoms with Crippen molar-refractivity contribution >= 4 is 11.8 Å². The van der Waals surface area contributed by atoms with Gasteiger partial charge in [-0.15, -0.1) is 0 Å². The second-order valence-electron chi connectivity index (χ2n) is 5.98. The number of hydrogen-bond donors (Lipinski definition) is 1. The summed E-state index contributed by atoms with van der Waals surface area (Å²) in [5, 5.41) is 4.85. The molecule has 2 aliphatic carbocycles. The number of nitrogens with one attached hydrogen (secondary N) is 1. The Morgan fingerprint density at radius 1 is 1.00 bits per heavy atom. The lowest BCUT2D eigenvalue weighted by Crippen LogP contribution is -2.46. The minimum Gasteiger partial charge on any atom is -0.310 e. The predicted octanol–water partition coefficient (Wildman–Crippen LogP) is 3.68. The minimum atomic E-state index is 0.800. The molecule has 0 heterocycles. The van der Waals surface area contributed by atoms with Crippen molar-refractivity contribution < 1.29 is 0 Å². The molecule has 94 valence electrons. The standard InChI is InChI=1S/C14H27NS/c1-10-7-8-12(11(2)9-10)15-13-5-4-6-14(13)16-3/h10-15H,4-9H2,1-3H3.